The van der Waals surface area contributed by atoms with Crippen LogP contribution in [0.2, 0.25) is 0 Å². The van der Waals surface area contributed by atoms with Crippen molar-refractivity contribution in [2.24, 2.45) is 5.73 Å². The minimum atomic E-state index is -1.11. The van der Waals surface area contributed by atoms with Crippen LogP contribution < -0.4 is 21.7 Å². The highest BCUT2D eigenvalue weighted by Crippen LogP contribution is 2.05. The molecule has 3 amide bonds. The third-order valence-electron chi connectivity index (χ3n) is 3.66. The van der Waals surface area contributed by atoms with Crippen LogP contribution in [0.1, 0.15) is 18.4 Å². The largest absolute Gasteiger partial charge is 0.465 e. The highest BCUT2D eigenvalue weighted by Gasteiger charge is 2.17. The summed E-state index contributed by atoms with van der Waals surface area (Å²) < 4.78 is 0. The minimum Gasteiger partial charge on any atom is -0.465 e. The Hall–Kier alpha value is -2.87. The number of amides is 3. The first-order valence-electron chi connectivity index (χ1n) is 8.39. The van der Waals surface area contributed by atoms with E-state index in [0.717, 1.165) is 5.56 Å². The number of nitrogens with two attached hydrogens (primary N) is 1. The second kappa shape index (κ2) is 11.6. The van der Waals surface area contributed by atoms with Gasteiger partial charge < -0.3 is 26.8 Å². The molecule has 142 valence electrons. The van der Waals surface area contributed by atoms with Gasteiger partial charge in [-0.25, -0.2) is 4.79 Å². The molecule has 2 unspecified atom stereocenters. The lowest BCUT2D eigenvalue weighted by Crippen LogP contribution is -2.45. The van der Waals surface area contributed by atoms with Gasteiger partial charge in [0.2, 0.25) is 11.8 Å². The first-order valence-corrected chi connectivity index (χ1v) is 8.39. The van der Waals surface area contributed by atoms with Crippen molar-refractivity contribution >= 4 is 17.9 Å². The van der Waals surface area contributed by atoms with Crippen LogP contribution in [0.4, 0.5) is 4.79 Å². The molecule has 1 aromatic rings. The van der Waals surface area contributed by atoms with Gasteiger partial charge in [0, 0.05) is 19.7 Å². The maximum atomic E-state index is 12.3. The predicted octanol–water partition coefficient (Wildman–Crippen LogP) is 0.391. The van der Waals surface area contributed by atoms with Crippen LogP contribution in [-0.4, -0.2) is 48.7 Å². The maximum Gasteiger partial charge on any atom is 0.404 e. The number of rotatable bonds is 10. The van der Waals surface area contributed by atoms with Gasteiger partial charge >= 0.3 is 6.09 Å². The molecule has 0 spiro atoms. The highest BCUT2D eigenvalue weighted by molar-refractivity contribution is 5.87. The van der Waals surface area contributed by atoms with E-state index in [-0.39, 0.29) is 24.4 Å². The van der Waals surface area contributed by atoms with Crippen LogP contribution in [0.25, 0.3) is 0 Å². The molecule has 0 fully saturated rings. The number of hydrogen-bond acceptors (Lipinski definition) is 4. The van der Waals surface area contributed by atoms with Crippen LogP contribution in [-0.2, 0) is 16.0 Å². The van der Waals surface area contributed by atoms with Gasteiger partial charge in [-0.2, -0.15) is 0 Å². The monoisotopic (exact) mass is 362 g/mol. The number of carbonyl (C=O) groups is 3. The van der Waals surface area contributed by atoms with E-state index >= 15 is 0 Å². The first kappa shape index (κ1) is 21.2. The molecule has 1 rings (SSSR count). The molecule has 0 aliphatic carbocycles. The first-order chi connectivity index (χ1) is 12.4. The van der Waals surface area contributed by atoms with Crippen LogP contribution in [0.3, 0.4) is 0 Å². The third-order valence-corrected chi connectivity index (χ3v) is 3.66. The van der Waals surface area contributed by atoms with Gasteiger partial charge in [0.05, 0.1) is 12.1 Å². The Balaban J connectivity index is 2.62. The molecule has 0 saturated heterocycles. The van der Waals surface area contributed by atoms with Crippen molar-refractivity contribution in [2.45, 2.75) is 31.3 Å². The molecule has 2 atom stereocenters. The van der Waals surface area contributed by atoms with Gasteiger partial charge in [-0.15, -0.1) is 0 Å². The number of likely N-dealkylation sites (N-methyl/N-ethyl adjacent to an activating group) is 1. The zero-order chi connectivity index (χ0) is 19.4. The molecule has 0 saturated carbocycles. The van der Waals surface area contributed by atoms with Gasteiger partial charge in [-0.1, -0.05) is 36.4 Å². The zero-order valence-electron chi connectivity index (χ0n) is 14.8. The Morgan fingerprint density at radius 2 is 1.92 bits per heavy atom. The zero-order valence-corrected chi connectivity index (χ0v) is 14.8. The molecule has 0 aliphatic heterocycles. The van der Waals surface area contributed by atoms with E-state index in [9.17, 15) is 14.4 Å². The summed E-state index contributed by atoms with van der Waals surface area (Å²) in [6.45, 7) is 0.236. The molecule has 0 aliphatic rings. The SMILES string of the molecule is CNC(=O)C=CC(Cc1ccccc1)NC(=O)C(N)CCCNC(=O)O. The van der Waals surface area contributed by atoms with Crippen molar-refractivity contribution in [1.29, 1.82) is 0 Å². The quantitative estimate of drug-likeness (QED) is 0.303. The summed E-state index contributed by atoms with van der Waals surface area (Å²) in [6, 6.07) is 8.44. The molecule has 26 heavy (non-hydrogen) atoms. The third kappa shape index (κ3) is 8.84. The molecular weight excluding hydrogens is 336 g/mol. The van der Waals surface area contributed by atoms with E-state index in [1.165, 1.54) is 13.1 Å². The van der Waals surface area contributed by atoms with Crippen LogP contribution in [0, 0.1) is 0 Å². The lowest BCUT2D eigenvalue weighted by atomic mass is 10.0. The van der Waals surface area contributed by atoms with Crippen molar-refractivity contribution < 1.29 is 19.5 Å². The topological polar surface area (TPSA) is 134 Å². The molecule has 0 radical (unpaired) electrons. The lowest BCUT2D eigenvalue weighted by molar-refractivity contribution is -0.123. The second-order valence-corrected chi connectivity index (χ2v) is 5.76. The Kier molecular flexibility index (Phi) is 9.48. The molecular formula is C18H26N4O4. The number of nitrogens with one attached hydrogen (secondary N) is 3. The van der Waals surface area contributed by atoms with Gasteiger partial charge in [0.15, 0.2) is 0 Å². The van der Waals surface area contributed by atoms with Crippen molar-refractivity contribution in [1.82, 2.24) is 16.0 Å². The van der Waals surface area contributed by atoms with E-state index in [1.807, 2.05) is 30.3 Å². The van der Waals surface area contributed by atoms with Gasteiger partial charge in [0.1, 0.15) is 0 Å². The van der Waals surface area contributed by atoms with E-state index < -0.39 is 12.1 Å². The van der Waals surface area contributed by atoms with Crippen molar-refractivity contribution in [3.63, 3.8) is 0 Å². The average Bonchev–Trinajstić information content (AvgIpc) is 2.63. The van der Waals surface area contributed by atoms with E-state index in [4.69, 9.17) is 10.8 Å². The Morgan fingerprint density at radius 3 is 2.54 bits per heavy atom. The molecule has 1 aromatic carbocycles. The minimum absolute atomic E-state index is 0.236. The highest BCUT2D eigenvalue weighted by atomic mass is 16.4. The Morgan fingerprint density at radius 1 is 1.23 bits per heavy atom. The van der Waals surface area contributed by atoms with Crippen molar-refractivity contribution in [3.8, 4) is 0 Å². The number of carbonyl (C=O) groups excluding carboxylic acids is 2. The molecule has 6 N–H and O–H groups in total. The summed E-state index contributed by atoms with van der Waals surface area (Å²) >= 11 is 0. The maximum absolute atomic E-state index is 12.3. The predicted molar refractivity (Wildman–Crippen MR) is 98.5 cm³/mol. The van der Waals surface area contributed by atoms with Gasteiger partial charge in [-0.3, -0.25) is 9.59 Å². The average molecular weight is 362 g/mol. The van der Waals surface area contributed by atoms with Crippen LogP contribution in [0.15, 0.2) is 42.5 Å². The summed E-state index contributed by atoms with van der Waals surface area (Å²) in [5, 5.41) is 16.0. The smallest absolute Gasteiger partial charge is 0.404 e. The number of hydrogen-bond donors (Lipinski definition) is 5. The van der Waals surface area contributed by atoms with Gasteiger partial charge in [0.25, 0.3) is 0 Å². The normalized spacial score (nSPS) is 13.0. The van der Waals surface area contributed by atoms with E-state index in [2.05, 4.69) is 16.0 Å². The fourth-order valence-electron chi connectivity index (χ4n) is 2.26. The van der Waals surface area contributed by atoms with Crippen molar-refractivity contribution in [2.75, 3.05) is 13.6 Å². The summed E-state index contributed by atoms with van der Waals surface area (Å²) in [7, 11) is 1.53. The van der Waals surface area contributed by atoms with Gasteiger partial charge in [-0.05, 0) is 24.8 Å². The summed E-state index contributed by atoms with van der Waals surface area (Å²) in [4.78, 5) is 34.1. The lowest BCUT2D eigenvalue weighted by Gasteiger charge is -2.18. The van der Waals surface area contributed by atoms with E-state index in [1.54, 1.807) is 6.08 Å². The summed E-state index contributed by atoms with van der Waals surface area (Å²) in [5.41, 5.74) is 6.88. The van der Waals surface area contributed by atoms with E-state index in [0.29, 0.717) is 19.3 Å². The number of carboxylic acid groups (broad SMARTS) is 1. The summed E-state index contributed by atoms with van der Waals surface area (Å²) in [5.74, 6) is -0.607. The standard InChI is InChI=1S/C18H26N4O4/c1-20-16(23)10-9-14(12-13-6-3-2-4-7-13)22-17(24)15(19)8-5-11-21-18(25)26/h2-4,6-7,9-10,14-15,21H,5,8,11-12,19H2,1H3,(H,20,23)(H,22,24)(H,25,26). The van der Waals surface area contributed by atoms with Crippen molar-refractivity contribution in [3.05, 3.63) is 48.0 Å². The molecule has 8 heteroatoms. The Labute approximate surface area is 152 Å². The van der Waals surface area contributed by atoms with Crippen LogP contribution >= 0.6 is 0 Å². The molecule has 0 heterocycles. The molecule has 0 aromatic heterocycles. The van der Waals surface area contributed by atoms with Crippen LogP contribution in [0.5, 0.6) is 0 Å². The fraction of sp³-hybridized carbons (Fsp3) is 0.389. The second-order valence-electron chi connectivity index (χ2n) is 5.76. The molecule has 8 nitrogen and oxygen atoms in total. The number of benzene rings is 1. The summed E-state index contributed by atoms with van der Waals surface area (Å²) in [6.07, 6.45) is 3.22. The Bertz CT molecular complexity index is 619. The molecule has 0 bridgehead atoms. The fourth-order valence-corrected chi connectivity index (χ4v) is 2.26.